The molecule has 0 aliphatic carbocycles. The molecule has 0 atom stereocenters. The van der Waals surface area contributed by atoms with Crippen LogP contribution in [-0.4, -0.2) is 16.2 Å². The Balaban J connectivity index is 2.33. The maximum atomic E-state index is 11.8. The van der Waals surface area contributed by atoms with Gasteiger partial charge in [-0.2, -0.15) is 0 Å². The number of nitrogens with one attached hydrogen (secondary N) is 1. The minimum absolute atomic E-state index is 0.104. The van der Waals surface area contributed by atoms with Crippen LogP contribution in [-0.2, 0) is 0 Å². The molecular formula is C10H8Cl2N4O2. The van der Waals surface area contributed by atoms with E-state index in [4.69, 9.17) is 28.9 Å². The summed E-state index contributed by atoms with van der Waals surface area (Å²) in [6.07, 6.45) is 0. The Kier molecular flexibility index (Phi) is 3.40. The average molecular weight is 287 g/mol. The Labute approximate surface area is 112 Å². The molecule has 0 bridgehead atoms. The first-order valence-electron chi connectivity index (χ1n) is 4.84. The summed E-state index contributed by atoms with van der Waals surface area (Å²) in [4.78, 5) is 11.8. The number of benzene rings is 1. The highest BCUT2D eigenvalue weighted by Gasteiger charge is 2.19. The number of hydrogen-bond donors (Lipinski definition) is 2. The summed E-state index contributed by atoms with van der Waals surface area (Å²) in [5.41, 5.74) is 6.36. The van der Waals surface area contributed by atoms with Crippen molar-refractivity contribution in [3.63, 3.8) is 0 Å². The lowest BCUT2D eigenvalue weighted by Gasteiger charge is -2.09. The van der Waals surface area contributed by atoms with Gasteiger partial charge >= 0.3 is 0 Å². The largest absolute Gasteiger partial charge is 0.379 e. The van der Waals surface area contributed by atoms with Crippen LogP contribution in [0, 0.1) is 6.92 Å². The van der Waals surface area contributed by atoms with Gasteiger partial charge in [0.1, 0.15) is 0 Å². The van der Waals surface area contributed by atoms with Crippen LogP contribution in [0.15, 0.2) is 16.8 Å². The molecule has 1 aromatic heterocycles. The maximum absolute atomic E-state index is 11.8. The van der Waals surface area contributed by atoms with Gasteiger partial charge in [-0.1, -0.05) is 29.3 Å². The van der Waals surface area contributed by atoms with Gasteiger partial charge in [-0.25, -0.2) is 4.63 Å². The molecule has 0 unspecified atom stereocenters. The Bertz CT molecular complexity index is 612. The number of amides is 1. The predicted octanol–water partition coefficient (Wildman–Crippen LogP) is 2.52. The van der Waals surface area contributed by atoms with E-state index in [1.54, 1.807) is 19.1 Å². The third kappa shape index (κ3) is 2.25. The van der Waals surface area contributed by atoms with Crippen molar-refractivity contribution in [3.05, 3.63) is 33.4 Å². The first-order valence-corrected chi connectivity index (χ1v) is 5.60. The fourth-order valence-electron chi connectivity index (χ4n) is 1.30. The highest BCUT2D eigenvalue weighted by molar-refractivity contribution is 6.40. The molecule has 0 saturated heterocycles. The summed E-state index contributed by atoms with van der Waals surface area (Å²) < 4.78 is 4.34. The fraction of sp³-hybridized carbons (Fsp3) is 0.100. The first-order chi connectivity index (χ1) is 8.50. The minimum atomic E-state index is -0.594. The number of aromatic nitrogens is 2. The summed E-state index contributed by atoms with van der Waals surface area (Å²) in [6.45, 7) is 1.79. The number of nitrogens with zero attached hydrogens (tertiary/aromatic N) is 2. The third-order valence-corrected chi connectivity index (χ3v) is 3.05. The van der Waals surface area contributed by atoms with Crippen molar-refractivity contribution in [2.45, 2.75) is 6.92 Å². The Morgan fingerprint density at radius 1 is 1.39 bits per heavy atom. The van der Waals surface area contributed by atoms with Crippen molar-refractivity contribution in [1.29, 1.82) is 0 Å². The summed E-state index contributed by atoms with van der Waals surface area (Å²) in [5.74, 6) is -0.699. The van der Waals surface area contributed by atoms with Crippen LogP contribution < -0.4 is 11.1 Å². The quantitative estimate of drug-likeness (QED) is 0.885. The van der Waals surface area contributed by atoms with Gasteiger partial charge in [0, 0.05) is 0 Å². The number of carbonyl (C=O) groups excluding carboxylic acids is 1. The van der Waals surface area contributed by atoms with Crippen molar-refractivity contribution in [1.82, 2.24) is 10.3 Å². The molecule has 94 valence electrons. The van der Waals surface area contributed by atoms with Gasteiger partial charge < -0.3 is 11.1 Å². The first kappa shape index (κ1) is 12.7. The van der Waals surface area contributed by atoms with Crippen molar-refractivity contribution in [2.24, 2.45) is 0 Å². The normalized spacial score (nSPS) is 10.4. The van der Waals surface area contributed by atoms with E-state index in [0.717, 1.165) is 5.56 Å². The molecule has 0 spiro atoms. The Hall–Kier alpha value is -1.79. The van der Waals surface area contributed by atoms with Crippen LogP contribution in [0.1, 0.15) is 16.1 Å². The molecule has 18 heavy (non-hydrogen) atoms. The van der Waals surface area contributed by atoms with E-state index >= 15 is 0 Å². The molecule has 0 fully saturated rings. The maximum Gasteiger partial charge on any atom is 0.281 e. The fourth-order valence-corrected chi connectivity index (χ4v) is 1.76. The van der Waals surface area contributed by atoms with Gasteiger partial charge in [0.05, 0.1) is 15.7 Å². The molecule has 6 nitrogen and oxygen atoms in total. The number of aryl methyl sites for hydroxylation is 1. The van der Waals surface area contributed by atoms with Gasteiger partial charge in [0.25, 0.3) is 5.91 Å². The second-order valence-electron chi connectivity index (χ2n) is 3.51. The van der Waals surface area contributed by atoms with Crippen molar-refractivity contribution in [3.8, 4) is 0 Å². The molecule has 0 aliphatic heterocycles. The van der Waals surface area contributed by atoms with Crippen molar-refractivity contribution in [2.75, 3.05) is 11.1 Å². The second kappa shape index (κ2) is 4.83. The van der Waals surface area contributed by atoms with Crippen molar-refractivity contribution >= 4 is 40.6 Å². The molecule has 2 rings (SSSR count). The predicted molar refractivity (Wildman–Crippen MR) is 67.9 cm³/mol. The summed E-state index contributed by atoms with van der Waals surface area (Å²) in [7, 11) is 0. The number of hydrogen-bond acceptors (Lipinski definition) is 5. The molecule has 0 saturated carbocycles. The second-order valence-corrected chi connectivity index (χ2v) is 4.29. The van der Waals surface area contributed by atoms with Gasteiger partial charge in [-0.05, 0) is 28.9 Å². The highest BCUT2D eigenvalue weighted by Crippen LogP contribution is 2.33. The number of nitrogen functional groups attached to an aromatic ring is 1. The lowest BCUT2D eigenvalue weighted by Crippen LogP contribution is -2.15. The number of carbonyl (C=O) groups is 1. The molecule has 0 radical (unpaired) electrons. The zero-order chi connectivity index (χ0) is 13.3. The van der Waals surface area contributed by atoms with E-state index in [1.807, 2.05) is 0 Å². The number of rotatable bonds is 2. The number of nitrogens with two attached hydrogens (primary N) is 1. The van der Waals surface area contributed by atoms with Crippen LogP contribution in [0.25, 0.3) is 0 Å². The van der Waals surface area contributed by atoms with Crippen LogP contribution in [0.3, 0.4) is 0 Å². The van der Waals surface area contributed by atoms with E-state index in [0.29, 0.717) is 15.7 Å². The molecule has 1 heterocycles. The van der Waals surface area contributed by atoms with Crippen LogP contribution >= 0.6 is 23.2 Å². The van der Waals surface area contributed by atoms with Gasteiger partial charge in [-0.15, -0.1) is 0 Å². The summed E-state index contributed by atoms with van der Waals surface area (Å²) in [5, 5.41) is 9.87. The van der Waals surface area contributed by atoms with E-state index in [-0.39, 0.29) is 11.5 Å². The SMILES string of the molecule is Cc1ccc(Cl)c(NC(=O)c2nonc2N)c1Cl. The van der Waals surface area contributed by atoms with Crippen molar-refractivity contribution < 1.29 is 9.42 Å². The third-order valence-electron chi connectivity index (χ3n) is 2.25. The topological polar surface area (TPSA) is 94.0 Å². The van der Waals surface area contributed by atoms with Crippen LogP contribution in [0.4, 0.5) is 11.5 Å². The molecule has 8 heteroatoms. The van der Waals surface area contributed by atoms with E-state index < -0.39 is 5.91 Å². The zero-order valence-corrected chi connectivity index (χ0v) is 10.7. The smallest absolute Gasteiger partial charge is 0.281 e. The molecule has 1 amide bonds. The number of halogens is 2. The zero-order valence-electron chi connectivity index (χ0n) is 9.20. The molecule has 3 N–H and O–H groups in total. The number of anilines is 2. The van der Waals surface area contributed by atoms with Gasteiger partial charge in [0.2, 0.25) is 11.5 Å². The monoisotopic (exact) mass is 286 g/mol. The van der Waals surface area contributed by atoms with E-state index in [9.17, 15) is 4.79 Å². The van der Waals surface area contributed by atoms with E-state index in [2.05, 4.69) is 20.3 Å². The molecular weight excluding hydrogens is 279 g/mol. The Morgan fingerprint density at radius 3 is 2.72 bits per heavy atom. The van der Waals surface area contributed by atoms with Crippen LogP contribution in [0.2, 0.25) is 10.0 Å². The standard InChI is InChI=1S/C10H8Cl2N4O2/c1-4-2-3-5(11)7(6(4)12)14-10(17)8-9(13)16-18-15-8/h2-3H,1H3,(H2,13,16)(H,14,17). The Morgan fingerprint density at radius 2 is 2.11 bits per heavy atom. The molecule has 0 aliphatic rings. The van der Waals surface area contributed by atoms with Crippen LogP contribution in [0.5, 0.6) is 0 Å². The summed E-state index contributed by atoms with van der Waals surface area (Å²) in [6, 6.07) is 3.37. The highest BCUT2D eigenvalue weighted by atomic mass is 35.5. The lowest BCUT2D eigenvalue weighted by molar-refractivity contribution is 0.101. The molecule has 2 aromatic rings. The van der Waals surface area contributed by atoms with Gasteiger partial charge in [-0.3, -0.25) is 4.79 Å². The minimum Gasteiger partial charge on any atom is -0.379 e. The summed E-state index contributed by atoms with van der Waals surface area (Å²) >= 11 is 12.0. The van der Waals surface area contributed by atoms with Gasteiger partial charge in [0.15, 0.2) is 0 Å². The average Bonchev–Trinajstić information content (AvgIpc) is 2.76. The lowest BCUT2D eigenvalue weighted by atomic mass is 10.2. The van der Waals surface area contributed by atoms with E-state index in [1.165, 1.54) is 0 Å². The molecule has 1 aromatic carbocycles.